The van der Waals surface area contributed by atoms with Crippen LogP contribution in [0.25, 0.3) is 0 Å². The second-order valence-electron chi connectivity index (χ2n) is 7.95. The molecule has 0 aliphatic heterocycles. The van der Waals surface area contributed by atoms with Gasteiger partial charge in [-0.1, -0.05) is 112 Å². The van der Waals surface area contributed by atoms with Gasteiger partial charge in [-0.3, -0.25) is 0 Å². The standard InChI is InChI=1S/C24H41O3P/c1-3-5-7-9-11-13-15-18-22-19-17-21-24(27-28(25)26)23(22)20-16-14-12-10-8-6-4-2/h17,19,21H,3-16,18,20H2,1-2H3/q-2. The number of hydrogen-bond acceptors (Lipinski definition) is 3. The van der Waals surface area contributed by atoms with Crippen molar-refractivity contribution in [3.63, 3.8) is 0 Å². The van der Waals surface area contributed by atoms with E-state index in [0.717, 1.165) is 24.8 Å². The largest absolute Gasteiger partial charge is 0.810 e. The molecule has 162 valence electrons. The van der Waals surface area contributed by atoms with Crippen LogP contribution in [-0.4, -0.2) is 0 Å². The molecular weight excluding hydrogens is 367 g/mol. The highest BCUT2D eigenvalue weighted by Crippen LogP contribution is 2.31. The molecule has 4 heteroatoms. The Morgan fingerprint density at radius 1 is 0.679 bits per heavy atom. The summed E-state index contributed by atoms with van der Waals surface area (Å²) in [6, 6.07) is 5.88. The van der Waals surface area contributed by atoms with Crippen LogP contribution in [-0.2, 0) is 12.8 Å². The zero-order chi connectivity index (χ0) is 20.5. The van der Waals surface area contributed by atoms with E-state index < -0.39 is 8.60 Å². The molecule has 0 aliphatic rings. The molecule has 0 unspecified atom stereocenters. The maximum absolute atomic E-state index is 11.1. The molecule has 0 heterocycles. The number of benzene rings is 1. The van der Waals surface area contributed by atoms with E-state index in [9.17, 15) is 9.79 Å². The van der Waals surface area contributed by atoms with Crippen LogP contribution in [0, 0.1) is 0 Å². The topological polar surface area (TPSA) is 55.3 Å². The van der Waals surface area contributed by atoms with Crippen molar-refractivity contribution in [1.29, 1.82) is 0 Å². The van der Waals surface area contributed by atoms with Gasteiger partial charge in [0.15, 0.2) is 0 Å². The minimum absolute atomic E-state index is 0.544. The zero-order valence-corrected chi connectivity index (χ0v) is 19.1. The fourth-order valence-electron chi connectivity index (χ4n) is 3.83. The lowest BCUT2D eigenvalue weighted by molar-refractivity contribution is -0.310. The highest BCUT2D eigenvalue weighted by molar-refractivity contribution is 7.36. The monoisotopic (exact) mass is 408 g/mol. The fourth-order valence-corrected chi connectivity index (χ4v) is 4.16. The van der Waals surface area contributed by atoms with E-state index in [4.69, 9.17) is 4.52 Å². The predicted molar refractivity (Wildman–Crippen MR) is 117 cm³/mol. The zero-order valence-electron chi connectivity index (χ0n) is 18.2. The number of hydrogen-bond donors (Lipinski definition) is 0. The fraction of sp³-hybridized carbons (Fsp3) is 0.750. The lowest BCUT2D eigenvalue weighted by Crippen LogP contribution is -2.14. The summed E-state index contributed by atoms with van der Waals surface area (Å²) in [6.07, 6.45) is 19.8. The Morgan fingerprint density at radius 3 is 1.71 bits per heavy atom. The second kappa shape index (κ2) is 17.2. The molecule has 1 aromatic carbocycles. The van der Waals surface area contributed by atoms with Crippen molar-refractivity contribution in [1.82, 2.24) is 0 Å². The summed E-state index contributed by atoms with van der Waals surface area (Å²) in [5, 5.41) is 0. The first-order chi connectivity index (χ1) is 13.7. The van der Waals surface area contributed by atoms with E-state index in [1.54, 1.807) is 6.07 Å². The molecule has 3 nitrogen and oxygen atoms in total. The van der Waals surface area contributed by atoms with Crippen LogP contribution < -0.4 is 14.3 Å². The van der Waals surface area contributed by atoms with Gasteiger partial charge in [0.1, 0.15) is 5.75 Å². The van der Waals surface area contributed by atoms with Crippen molar-refractivity contribution >= 4 is 8.60 Å². The van der Waals surface area contributed by atoms with Crippen LogP contribution in [0.15, 0.2) is 18.2 Å². The third-order valence-corrected chi connectivity index (χ3v) is 5.83. The van der Waals surface area contributed by atoms with Crippen molar-refractivity contribution in [2.75, 3.05) is 0 Å². The van der Waals surface area contributed by atoms with Crippen LogP contribution >= 0.6 is 8.60 Å². The van der Waals surface area contributed by atoms with E-state index in [2.05, 4.69) is 19.9 Å². The van der Waals surface area contributed by atoms with Crippen LogP contribution in [0.1, 0.15) is 115 Å². The summed E-state index contributed by atoms with van der Waals surface area (Å²) >= 11 is 0. The summed E-state index contributed by atoms with van der Waals surface area (Å²) in [4.78, 5) is 22.2. The maximum Gasteiger partial charge on any atom is 0.123 e. The van der Waals surface area contributed by atoms with Crippen LogP contribution in [0.2, 0.25) is 0 Å². The molecule has 0 fully saturated rings. The van der Waals surface area contributed by atoms with Crippen LogP contribution in [0.5, 0.6) is 5.75 Å². The Kier molecular flexibility index (Phi) is 15.6. The first-order valence-corrected chi connectivity index (χ1v) is 12.7. The molecule has 0 aliphatic carbocycles. The highest BCUT2D eigenvalue weighted by atomic mass is 31.2. The average molecular weight is 409 g/mol. The second-order valence-corrected chi connectivity index (χ2v) is 8.58. The molecule has 0 aromatic heterocycles. The smallest absolute Gasteiger partial charge is 0.123 e. The van der Waals surface area contributed by atoms with Gasteiger partial charge in [0.05, 0.1) is 0 Å². The van der Waals surface area contributed by atoms with Crippen molar-refractivity contribution in [2.45, 2.75) is 117 Å². The van der Waals surface area contributed by atoms with Crippen molar-refractivity contribution in [3.8, 4) is 5.75 Å². The van der Waals surface area contributed by atoms with Gasteiger partial charge in [0.25, 0.3) is 0 Å². The summed E-state index contributed by atoms with van der Waals surface area (Å²) in [6.45, 7) is 4.49. The molecular formula is C24H41O3P-2. The number of unbranched alkanes of at least 4 members (excludes halogenated alkanes) is 12. The van der Waals surface area contributed by atoms with Gasteiger partial charge in [0, 0.05) is 0 Å². The third kappa shape index (κ3) is 12.0. The van der Waals surface area contributed by atoms with Crippen molar-refractivity contribution < 1.29 is 14.3 Å². The minimum atomic E-state index is -2.86. The van der Waals surface area contributed by atoms with Crippen LogP contribution in [0.3, 0.4) is 0 Å². The summed E-state index contributed by atoms with van der Waals surface area (Å²) < 4.78 is 5.12. The molecule has 0 bridgehead atoms. The Bertz CT molecular complexity index is 491. The number of rotatable bonds is 18. The normalized spacial score (nSPS) is 11.3. The summed E-state index contributed by atoms with van der Waals surface area (Å²) in [5.41, 5.74) is 2.38. The maximum atomic E-state index is 11.1. The lowest BCUT2D eigenvalue weighted by Gasteiger charge is -2.31. The molecule has 0 saturated carbocycles. The highest BCUT2D eigenvalue weighted by Gasteiger charge is 2.09. The minimum Gasteiger partial charge on any atom is -0.810 e. The molecule has 0 atom stereocenters. The van der Waals surface area contributed by atoms with Crippen molar-refractivity contribution in [3.05, 3.63) is 29.3 Å². The molecule has 1 rings (SSSR count). The summed E-state index contributed by atoms with van der Waals surface area (Å²) in [5.74, 6) is 0.544. The Labute approximate surface area is 174 Å². The first-order valence-electron chi connectivity index (χ1n) is 11.6. The molecule has 0 spiro atoms. The van der Waals surface area contributed by atoms with Gasteiger partial charge in [-0.25, -0.2) is 0 Å². The molecule has 0 radical (unpaired) electrons. The van der Waals surface area contributed by atoms with E-state index in [1.165, 1.54) is 89.0 Å². The van der Waals surface area contributed by atoms with Gasteiger partial charge in [-0.15, -0.1) is 0 Å². The van der Waals surface area contributed by atoms with E-state index in [1.807, 2.05) is 6.07 Å². The lowest BCUT2D eigenvalue weighted by atomic mass is 9.95. The summed E-state index contributed by atoms with van der Waals surface area (Å²) in [7, 11) is -2.86. The van der Waals surface area contributed by atoms with Crippen LogP contribution in [0.4, 0.5) is 0 Å². The Balaban J connectivity index is 2.49. The van der Waals surface area contributed by atoms with E-state index in [0.29, 0.717) is 5.75 Å². The van der Waals surface area contributed by atoms with Crippen molar-refractivity contribution in [2.24, 2.45) is 0 Å². The molecule has 28 heavy (non-hydrogen) atoms. The average Bonchev–Trinajstić information content (AvgIpc) is 2.67. The molecule has 1 aromatic rings. The third-order valence-electron chi connectivity index (χ3n) is 5.48. The van der Waals surface area contributed by atoms with Gasteiger partial charge in [0.2, 0.25) is 0 Å². The van der Waals surface area contributed by atoms with Gasteiger partial charge < -0.3 is 14.3 Å². The Hall–Kier alpha value is -0.630. The van der Waals surface area contributed by atoms with Gasteiger partial charge in [-0.05, 0) is 42.9 Å². The SMILES string of the molecule is CCCCCCCCCc1cccc(OP([O-])[O-])c1CCCCCCCCC. The van der Waals surface area contributed by atoms with Gasteiger partial charge in [-0.2, -0.15) is 0 Å². The van der Waals surface area contributed by atoms with E-state index in [-0.39, 0.29) is 0 Å². The molecule has 0 saturated heterocycles. The predicted octanol–water partition coefficient (Wildman–Crippen LogP) is 6.60. The van der Waals surface area contributed by atoms with Gasteiger partial charge >= 0.3 is 0 Å². The molecule has 0 N–H and O–H groups in total. The van der Waals surface area contributed by atoms with E-state index >= 15 is 0 Å². The number of aryl methyl sites for hydroxylation is 1. The first kappa shape index (κ1) is 25.4. The quantitative estimate of drug-likeness (QED) is 0.203. The molecule has 0 amide bonds. The Morgan fingerprint density at radius 2 is 1.18 bits per heavy atom.